The van der Waals surface area contributed by atoms with Crippen molar-refractivity contribution in [1.82, 2.24) is 24.6 Å². The van der Waals surface area contributed by atoms with Gasteiger partial charge in [0.1, 0.15) is 5.69 Å². The van der Waals surface area contributed by atoms with Gasteiger partial charge >= 0.3 is 0 Å². The second-order valence-corrected chi connectivity index (χ2v) is 10.7. The summed E-state index contributed by atoms with van der Waals surface area (Å²) in [5.74, 6) is 0. The van der Waals surface area contributed by atoms with Gasteiger partial charge in [0.05, 0.1) is 21.8 Å². The topological polar surface area (TPSA) is 101 Å². The molecule has 4 heterocycles. The lowest BCUT2D eigenvalue weighted by Gasteiger charge is -2.27. The number of H-pyrrole nitrogens is 1. The SMILES string of the molecule is CS(=O)(=O)c1nc2c(c(=O)[nH]1)CN(Cc1cn(-c3ccccc3)nc1-c1cccs1)CC2. The lowest BCUT2D eigenvalue weighted by atomic mass is 10.1. The summed E-state index contributed by atoms with van der Waals surface area (Å²) >= 11 is 1.64. The number of nitrogens with one attached hydrogen (secondary N) is 1. The summed E-state index contributed by atoms with van der Waals surface area (Å²) in [5.41, 5.74) is 3.67. The fourth-order valence-corrected chi connectivity index (χ4v) is 5.17. The van der Waals surface area contributed by atoms with E-state index >= 15 is 0 Å². The van der Waals surface area contributed by atoms with Crippen LogP contribution in [0.3, 0.4) is 0 Å². The van der Waals surface area contributed by atoms with E-state index in [9.17, 15) is 13.2 Å². The number of fused-ring (bicyclic) bond motifs is 1. The molecule has 0 unspecified atom stereocenters. The smallest absolute Gasteiger partial charge is 0.256 e. The second kappa shape index (κ2) is 8.12. The normalized spacial score (nSPS) is 14.4. The Labute approximate surface area is 189 Å². The highest BCUT2D eigenvalue weighted by Gasteiger charge is 2.25. The van der Waals surface area contributed by atoms with Gasteiger partial charge in [-0.2, -0.15) is 5.10 Å². The number of hydrogen-bond acceptors (Lipinski definition) is 7. The first kappa shape index (κ1) is 20.8. The van der Waals surface area contributed by atoms with Crippen LogP contribution in [0.25, 0.3) is 16.3 Å². The Kier molecular flexibility index (Phi) is 5.28. The molecule has 1 aliphatic rings. The number of rotatable bonds is 5. The predicted molar refractivity (Wildman–Crippen MR) is 123 cm³/mol. The molecule has 5 rings (SSSR count). The first-order valence-electron chi connectivity index (χ1n) is 10.1. The molecule has 164 valence electrons. The second-order valence-electron chi connectivity index (χ2n) is 7.79. The van der Waals surface area contributed by atoms with E-state index in [1.54, 1.807) is 11.3 Å². The van der Waals surface area contributed by atoms with Crippen LogP contribution in [-0.4, -0.2) is 45.9 Å². The zero-order chi connectivity index (χ0) is 22.3. The number of benzene rings is 1. The summed E-state index contributed by atoms with van der Waals surface area (Å²) in [5, 5.41) is 6.61. The van der Waals surface area contributed by atoms with Crippen molar-refractivity contribution in [3.8, 4) is 16.3 Å². The molecule has 0 amide bonds. The van der Waals surface area contributed by atoms with Crippen LogP contribution in [0.15, 0.2) is 64.0 Å². The first-order chi connectivity index (χ1) is 15.4. The van der Waals surface area contributed by atoms with Crippen LogP contribution in [0.4, 0.5) is 0 Å². The molecule has 0 atom stereocenters. The highest BCUT2D eigenvalue weighted by molar-refractivity contribution is 7.90. The van der Waals surface area contributed by atoms with Crippen molar-refractivity contribution in [3.05, 3.63) is 81.2 Å². The molecule has 1 aromatic carbocycles. The Balaban J connectivity index is 1.46. The van der Waals surface area contributed by atoms with E-state index in [1.165, 1.54) is 0 Å². The van der Waals surface area contributed by atoms with Crippen molar-refractivity contribution < 1.29 is 8.42 Å². The van der Waals surface area contributed by atoms with Gasteiger partial charge in [0.15, 0.2) is 0 Å². The molecule has 0 saturated carbocycles. The molecular weight excluding hydrogens is 446 g/mol. The molecule has 0 saturated heterocycles. The van der Waals surface area contributed by atoms with Crippen LogP contribution in [0, 0.1) is 0 Å². The molecule has 0 bridgehead atoms. The van der Waals surface area contributed by atoms with E-state index in [1.807, 2.05) is 52.7 Å². The van der Waals surface area contributed by atoms with Gasteiger partial charge in [-0.15, -0.1) is 11.3 Å². The van der Waals surface area contributed by atoms with Crippen molar-refractivity contribution in [2.75, 3.05) is 12.8 Å². The number of thiophene rings is 1. The third-order valence-electron chi connectivity index (χ3n) is 5.44. The molecule has 8 nitrogen and oxygen atoms in total. The quantitative estimate of drug-likeness (QED) is 0.453. The number of aromatic amines is 1. The molecule has 32 heavy (non-hydrogen) atoms. The van der Waals surface area contributed by atoms with Crippen molar-refractivity contribution in [3.63, 3.8) is 0 Å². The number of hydrogen-bond donors (Lipinski definition) is 1. The Bertz CT molecular complexity index is 1420. The zero-order valence-electron chi connectivity index (χ0n) is 17.4. The van der Waals surface area contributed by atoms with Crippen LogP contribution in [0.1, 0.15) is 16.8 Å². The van der Waals surface area contributed by atoms with Gasteiger partial charge in [-0.05, 0) is 23.6 Å². The Morgan fingerprint density at radius 3 is 2.69 bits per heavy atom. The number of nitrogens with zero attached hydrogens (tertiary/aromatic N) is 4. The third-order valence-corrected chi connectivity index (χ3v) is 7.21. The average Bonchev–Trinajstić information content (AvgIpc) is 3.44. The molecule has 3 aromatic heterocycles. The van der Waals surface area contributed by atoms with E-state index < -0.39 is 15.4 Å². The predicted octanol–water partition coefficient (Wildman–Crippen LogP) is 2.65. The van der Waals surface area contributed by atoms with E-state index in [0.29, 0.717) is 37.3 Å². The molecule has 0 radical (unpaired) electrons. The lowest BCUT2D eigenvalue weighted by molar-refractivity contribution is 0.241. The van der Waals surface area contributed by atoms with Crippen LogP contribution in [-0.2, 0) is 29.3 Å². The fraction of sp³-hybridized carbons (Fsp3) is 0.227. The van der Waals surface area contributed by atoms with Gasteiger partial charge in [0, 0.05) is 44.1 Å². The van der Waals surface area contributed by atoms with E-state index in [0.717, 1.165) is 28.1 Å². The number of para-hydroxylation sites is 1. The van der Waals surface area contributed by atoms with Crippen molar-refractivity contribution in [2.45, 2.75) is 24.7 Å². The van der Waals surface area contributed by atoms with Gasteiger partial charge in [0.25, 0.3) is 5.56 Å². The minimum absolute atomic E-state index is 0.265. The van der Waals surface area contributed by atoms with Crippen LogP contribution in [0.5, 0.6) is 0 Å². The highest BCUT2D eigenvalue weighted by Crippen LogP contribution is 2.29. The summed E-state index contributed by atoms with van der Waals surface area (Å²) in [4.78, 5) is 22.5. The van der Waals surface area contributed by atoms with E-state index in [-0.39, 0.29) is 5.16 Å². The maximum absolute atomic E-state index is 12.6. The standard InChI is InChI=1S/C22H21N5O3S2/c1-32(29,30)22-23-18-9-10-26(14-17(18)21(28)24-22)12-15-13-27(16-6-3-2-4-7-16)25-20(15)19-8-5-11-31-19/h2-8,11,13H,9-10,12,14H2,1H3,(H,23,24,28). The van der Waals surface area contributed by atoms with Crippen LogP contribution >= 0.6 is 11.3 Å². The average molecular weight is 468 g/mol. The monoisotopic (exact) mass is 467 g/mol. The lowest BCUT2D eigenvalue weighted by Crippen LogP contribution is -2.36. The minimum Gasteiger partial charge on any atom is -0.297 e. The van der Waals surface area contributed by atoms with Crippen LogP contribution < -0.4 is 5.56 Å². The Hall–Kier alpha value is -3.08. The van der Waals surface area contributed by atoms with Crippen molar-refractivity contribution in [2.24, 2.45) is 0 Å². The molecular formula is C22H21N5O3S2. The molecule has 1 N–H and O–H groups in total. The third kappa shape index (κ3) is 4.04. The van der Waals surface area contributed by atoms with Gasteiger partial charge in [-0.1, -0.05) is 24.3 Å². The Morgan fingerprint density at radius 1 is 1.16 bits per heavy atom. The zero-order valence-corrected chi connectivity index (χ0v) is 19.0. The van der Waals surface area contributed by atoms with E-state index in [2.05, 4.69) is 20.9 Å². The van der Waals surface area contributed by atoms with E-state index in [4.69, 9.17) is 5.10 Å². The number of aromatic nitrogens is 4. The summed E-state index contributed by atoms with van der Waals surface area (Å²) in [6.07, 6.45) is 3.60. The summed E-state index contributed by atoms with van der Waals surface area (Å²) in [6.45, 7) is 1.70. The molecule has 1 aliphatic heterocycles. The fourth-order valence-electron chi connectivity index (χ4n) is 3.87. The first-order valence-corrected chi connectivity index (χ1v) is 12.9. The molecule has 4 aromatic rings. The Morgan fingerprint density at radius 2 is 1.97 bits per heavy atom. The minimum atomic E-state index is -3.57. The number of sulfone groups is 1. The van der Waals surface area contributed by atoms with Gasteiger partial charge in [-0.3, -0.25) is 14.7 Å². The largest absolute Gasteiger partial charge is 0.297 e. The summed E-state index contributed by atoms with van der Waals surface area (Å²) in [6, 6.07) is 14.0. The van der Waals surface area contributed by atoms with Crippen LogP contribution in [0.2, 0.25) is 0 Å². The summed E-state index contributed by atoms with van der Waals surface area (Å²) < 4.78 is 25.5. The molecule has 0 fully saturated rings. The van der Waals surface area contributed by atoms with Gasteiger partial charge in [-0.25, -0.2) is 18.1 Å². The van der Waals surface area contributed by atoms with Crippen molar-refractivity contribution >= 4 is 21.2 Å². The maximum atomic E-state index is 12.6. The van der Waals surface area contributed by atoms with Gasteiger partial charge < -0.3 is 0 Å². The maximum Gasteiger partial charge on any atom is 0.256 e. The summed E-state index contributed by atoms with van der Waals surface area (Å²) in [7, 11) is -3.57. The molecule has 0 spiro atoms. The molecule has 0 aliphatic carbocycles. The van der Waals surface area contributed by atoms with Gasteiger partial charge in [0.2, 0.25) is 15.0 Å². The van der Waals surface area contributed by atoms with Crippen molar-refractivity contribution in [1.29, 1.82) is 0 Å². The highest BCUT2D eigenvalue weighted by atomic mass is 32.2. The molecule has 10 heteroatoms.